The van der Waals surface area contributed by atoms with Crippen LogP contribution < -0.4 is 0 Å². The van der Waals surface area contributed by atoms with Crippen LogP contribution >= 0.6 is 27.3 Å². The van der Waals surface area contributed by atoms with Gasteiger partial charge in [-0.3, -0.25) is 0 Å². The maximum absolute atomic E-state index is 12.6. The third-order valence-electron chi connectivity index (χ3n) is 2.78. The van der Waals surface area contributed by atoms with Gasteiger partial charge in [-0.05, 0) is 57.6 Å². The first-order chi connectivity index (χ1) is 8.80. The summed E-state index contributed by atoms with van der Waals surface area (Å²) in [6.07, 6.45) is -5.28. The first kappa shape index (κ1) is 14.6. The van der Waals surface area contributed by atoms with Crippen LogP contribution in [0.15, 0.2) is 34.1 Å². The standard InChI is InChI=1S/C13H10BrF3OS/c1-7-6-8(13(15,16)17)2-3-9(7)11(18)12-10(14)4-5-19-12/h2-6,11,18H,1H3. The van der Waals surface area contributed by atoms with Gasteiger partial charge in [-0.2, -0.15) is 13.2 Å². The molecule has 1 nitrogen and oxygen atoms in total. The molecule has 0 aliphatic rings. The Labute approximate surface area is 120 Å². The molecule has 1 N–H and O–H groups in total. The topological polar surface area (TPSA) is 20.2 Å². The lowest BCUT2D eigenvalue weighted by Crippen LogP contribution is -2.07. The molecule has 0 saturated carbocycles. The van der Waals surface area contributed by atoms with Gasteiger partial charge in [0.1, 0.15) is 6.10 Å². The van der Waals surface area contributed by atoms with Gasteiger partial charge in [0.25, 0.3) is 0 Å². The Morgan fingerprint density at radius 1 is 1.26 bits per heavy atom. The zero-order valence-electron chi connectivity index (χ0n) is 9.83. The first-order valence-corrected chi connectivity index (χ1v) is 7.06. The number of rotatable bonds is 2. The second-order valence-corrected chi connectivity index (χ2v) is 5.91. The molecule has 0 spiro atoms. The maximum atomic E-state index is 12.6. The van der Waals surface area contributed by atoms with E-state index in [9.17, 15) is 18.3 Å². The maximum Gasteiger partial charge on any atom is 0.416 e. The summed E-state index contributed by atoms with van der Waals surface area (Å²) in [6.45, 7) is 1.56. The average molecular weight is 351 g/mol. The van der Waals surface area contributed by atoms with Gasteiger partial charge < -0.3 is 5.11 Å². The molecule has 0 amide bonds. The predicted molar refractivity (Wildman–Crippen MR) is 72.3 cm³/mol. The molecule has 0 saturated heterocycles. The predicted octanol–water partition coefficient (Wildman–Crippen LogP) is 4.92. The van der Waals surface area contributed by atoms with Crippen LogP contribution in [0.1, 0.15) is 27.7 Å². The van der Waals surface area contributed by atoms with Crippen LogP contribution in [-0.4, -0.2) is 5.11 Å². The van der Waals surface area contributed by atoms with Crippen LogP contribution in [-0.2, 0) is 6.18 Å². The summed E-state index contributed by atoms with van der Waals surface area (Å²) in [6, 6.07) is 5.17. The molecule has 0 radical (unpaired) electrons. The molecule has 2 rings (SSSR count). The summed E-state index contributed by atoms with van der Waals surface area (Å²) < 4.78 is 38.5. The number of aryl methyl sites for hydroxylation is 1. The summed E-state index contributed by atoms with van der Waals surface area (Å²) in [5, 5.41) is 12.0. The molecular formula is C13H10BrF3OS. The average Bonchev–Trinajstić information content (AvgIpc) is 2.73. The van der Waals surface area contributed by atoms with Gasteiger partial charge in [0, 0.05) is 4.47 Å². The third kappa shape index (κ3) is 3.01. The first-order valence-electron chi connectivity index (χ1n) is 5.39. The Morgan fingerprint density at radius 3 is 2.42 bits per heavy atom. The van der Waals surface area contributed by atoms with Crippen molar-refractivity contribution in [2.24, 2.45) is 0 Å². The van der Waals surface area contributed by atoms with E-state index in [1.807, 2.05) is 5.38 Å². The highest BCUT2D eigenvalue weighted by Crippen LogP contribution is 2.36. The van der Waals surface area contributed by atoms with Crippen LogP contribution in [0.25, 0.3) is 0 Å². The largest absolute Gasteiger partial charge is 0.416 e. The van der Waals surface area contributed by atoms with Gasteiger partial charge >= 0.3 is 6.18 Å². The van der Waals surface area contributed by atoms with E-state index in [2.05, 4.69) is 15.9 Å². The molecule has 102 valence electrons. The van der Waals surface area contributed by atoms with Crippen molar-refractivity contribution in [1.29, 1.82) is 0 Å². The molecule has 1 aromatic carbocycles. The number of aliphatic hydroxyl groups excluding tert-OH is 1. The number of thiophene rings is 1. The summed E-state index contributed by atoms with van der Waals surface area (Å²) in [5.41, 5.74) is 0.199. The Kier molecular flexibility index (Phi) is 4.03. The van der Waals surface area contributed by atoms with Crippen LogP contribution in [0.2, 0.25) is 0 Å². The van der Waals surface area contributed by atoms with Crippen LogP contribution in [0.4, 0.5) is 13.2 Å². The molecule has 0 aliphatic heterocycles. The minimum absolute atomic E-state index is 0.419. The van der Waals surface area contributed by atoms with Gasteiger partial charge in [0.05, 0.1) is 10.4 Å². The molecule has 2 aromatic rings. The molecule has 0 aliphatic carbocycles. The van der Waals surface area contributed by atoms with Gasteiger partial charge in [0.15, 0.2) is 0 Å². The number of hydrogen-bond donors (Lipinski definition) is 1. The summed E-state index contributed by atoms with van der Waals surface area (Å²) >= 11 is 4.66. The molecule has 19 heavy (non-hydrogen) atoms. The Hall–Kier alpha value is -0.850. The second-order valence-electron chi connectivity index (χ2n) is 4.10. The van der Waals surface area contributed by atoms with E-state index in [0.29, 0.717) is 16.0 Å². The zero-order chi connectivity index (χ0) is 14.2. The van der Waals surface area contributed by atoms with E-state index in [0.717, 1.165) is 16.6 Å². The highest BCUT2D eigenvalue weighted by Gasteiger charge is 2.31. The molecule has 1 heterocycles. The fraction of sp³-hybridized carbons (Fsp3) is 0.231. The van der Waals surface area contributed by atoms with Crippen LogP contribution in [0.3, 0.4) is 0 Å². The van der Waals surface area contributed by atoms with E-state index in [4.69, 9.17) is 0 Å². The molecule has 1 atom stereocenters. The van der Waals surface area contributed by atoms with Crippen molar-refractivity contribution in [3.63, 3.8) is 0 Å². The normalized spacial score (nSPS) is 13.6. The highest BCUT2D eigenvalue weighted by atomic mass is 79.9. The quantitative estimate of drug-likeness (QED) is 0.814. The number of hydrogen-bond acceptors (Lipinski definition) is 2. The molecule has 1 unspecified atom stereocenters. The van der Waals surface area contributed by atoms with Gasteiger partial charge in [-0.1, -0.05) is 6.07 Å². The number of aliphatic hydroxyl groups is 1. The SMILES string of the molecule is Cc1cc(C(F)(F)F)ccc1C(O)c1sccc1Br. The van der Waals surface area contributed by atoms with E-state index in [1.54, 1.807) is 13.0 Å². The van der Waals surface area contributed by atoms with E-state index in [-0.39, 0.29) is 0 Å². The number of halogens is 4. The lowest BCUT2D eigenvalue weighted by Gasteiger charge is -2.15. The lowest BCUT2D eigenvalue weighted by molar-refractivity contribution is -0.137. The van der Waals surface area contributed by atoms with Gasteiger partial charge in [-0.15, -0.1) is 11.3 Å². The smallest absolute Gasteiger partial charge is 0.383 e. The fourth-order valence-electron chi connectivity index (χ4n) is 1.80. The third-order valence-corrected chi connectivity index (χ3v) is 4.71. The monoisotopic (exact) mass is 350 g/mol. The summed E-state index contributed by atoms with van der Waals surface area (Å²) in [7, 11) is 0. The van der Waals surface area contributed by atoms with E-state index >= 15 is 0 Å². The molecular weight excluding hydrogens is 341 g/mol. The van der Waals surface area contributed by atoms with Crippen molar-refractivity contribution in [3.05, 3.63) is 55.7 Å². The molecule has 1 aromatic heterocycles. The summed E-state index contributed by atoms with van der Waals surface area (Å²) in [5.74, 6) is 0. The Morgan fingerprint density at radius 2 is 1.95 bits per heavy atom. The van der Waals surface area contributed by atoms with Crippen LogP contribution in [0.5, 0.6) is 0 Å². The Balaban J connectivity index is 2.39. The van der Waals surface area contributed by atoms with Gasteiger partial charge in [0.2, 0.25) is 0 Å². The fourth-order valence-corrected chi connectivity index (χ4v) is 3.39. The van der Waals surface area contributed by atoms with Crippen molar-refractivity contribution in [3.8, 4) is 0 Å². The Bertz CT molecular complexity index is 592. The van der Waals surface area contributed by atoms with Crippen molar-refractivity contribution < 1.29 is 18.3 Å². The van der Waals surface area contributed by atoms with E-state index < -0.39 is 17.8 Å². The number of alkyl halides is 3. The molecule has 6 heteroatoms. The van der Waals surface area contributed by atoms with Crippen molar-refractivity contribution >= 4 is 27.3 Å². The minimum atomic E-state index is -4.36. The van der Waals surface area contributed by atoms with Crippen molar-refractivity contribution in [1.82, 2.24) is 0 Å². The highest BCUT2D eigenvalue weighted by molar-refractivity contribution is 9.10. The number of benzene rings is 1. The lowest BCUT2D eigenvalue weighted by atomic mass is 9.99. The van der Waals surface area contributed by atoms with Crippen molar-refractivity contribution in [2.45, 2.75) is 19.2 Å². The van der Waals surface area contributed by atoms with E-state index in [1.165, 1.54) is 17.4 Å². The summed E-state index contributed by atoms with van der Waals surface area (Å²) in [4.78, 5) is 0.683. The minimum Gasteiger partial charge on any atom is -0.383 e. The van der Waals surface area contributed by atoms with Crippen molar-refractivity contribution in [2.75, 3.05) is 0 Å². The zero-order valence-corrected chi connectivity index (χ0v) is 12.2. The van der Waals surface area contributed by atoms with Crippen LogP contribution in [0, 0.1) is 6.92 Å². The second kappa shape index (κ2) is 5.26. The molecule has 0 fully saturated rings. The molecule has 0 bridgehead atoms. The van der Waals surface area contributed by atoms with Gasteiger partial charge in [-0.25, -0.2) is 0 Å².